The molecule has 6 nitrogen and oxygen atoms in total. The predicted molar refractivity (Wildman–Crippen MR) is 257 cm³/mol. The minimum absolute atomic E-state index is 0.220. The lowest BCUT2D eigenvalue weighted by Crippen LogP contribution is -2.29. The zero-order valence-electron chi connectivity index (χ0n) is 35.0. The molecule has 2 amide bonds. The van der Waals surface area contributed by atoms with Gasteiger partial charge in [-0.25, -0.2) is 9.98 Å². The van der Waals surface area contributed by atoms with E-state index >= 15 is 9.59 Å². The van der Waals surface area contributed by atoms with Gasteiger partial charge in [0.15, 0.2) is 0 Å². The second-order valence-corrected chi connectivity index (χ2v) is 15.7. The highest BCUT2D eigenvalue weighted by Crippen LogP contribution is 2.48. The van der Waals surface area contributed by atoms with Crippen LogP contribution in [0.5, 0.6) is 0 Å². The standard InChI is InChI=1S/C58H42N4O2/c63-57-52-51(55(61(57)39-41-19-7-1-8-20-41)47-31-35-49(36-32-47)59-53(43-23-11-3-12-24-43)44-25-13-4-14-26-44)58(64)62(40-42-21-9-2-10-22-42)56(52)48-33-37-50(38-34-48)60-54(45-27-15-5-16-28-45)46-29-17-6-18-30-46/h1-38H,39-40H2. The van der Waals surface area contributed by atoms with Crippen LogP contribution in [0, 0.1) is 0 Å². The molecule has 0 N–H and O–H groups in total. The molecule has 0 saturated heterocycles. The Morgan fingerprint density at radius 3 is 0.875 bits per heavy atom. The number of carbonyl (C=O) groups excluding carboxylic acids is 2. The van der Waals surface area contributed by atoms with Crippen LogP contribution in [0.2, 0.25) is 0 Å². The van der Waals surface area contributed by atoms with Gasteiger partial charge in [-0.3, -0.25) is 9.59 Å². The third-order valence-corrected chi connectivity index (χ3v) is 11.5. The van der Waals surface area contributed by atoms with Gasteiger partial charge in [-0.2, -0.15) is 0 Å². The number of nitrogens with zero attached hydrogens (tertiary/aromatic N) is 4. The van der Waals surface area contributed by atoms with Crippen molar-refractivity contribution in [1.82, 2.24) is 9.80 Å². The summed E-state index contributed by atoms with van der Waals surface area (Å²) in [4.78, 5) is 44.1. The van der Waals surface area contributed by atoms with E-state index < -0.39 is 0 Å². The van der Waals surface area contributed by atoms with Crippen molar-refractivity contribution in [2.45, 2.75) is 13.1 Å². The molecule has 0 atom stereocenters. The summed E-state index contributed by atoms with van der Waals surface area (Å²) in [6.07, 6.45) is 0. The minimum Gasteiger partial charge on any atom is -0.302 e. The lowest BCUT2D eigenvalue weighted by atomic mass is 10.0. The molecule has 0 unspecified atom stereocenters. The second-order valence-electron chi connectivity index (χ2n) is 15.7. The fraction of sp³-hybridized carbons (Fsp3) is 0.0345. The van der Waals surface area contributed by atoms with Crippen LogP contribution < -0.4 is 0 Å². The number of fused-ring (bicyclic) bond motifs is 1. The zero-order valence-corrected chi connectivity index (χ0v) is 35.0. The molecule has 2 heterocycles. The fourth-order valence-electron chi connectivity index (χ4n) is 8.45. The van der Waals surface area contributed by atoms with Gasteiger partial charge in [-0.15, -0.1) is 0 Å². The number of aliphatic imine (C=N–C) groups is 2. The number of hydrogen-bond donors (Lipinski definition) is 0. The molecule has 0 aliphatic carbocycles. The maximum atomic E-state index is 15.2. The first-order chi connectivity index (χ1) is 31.6. The van der Waals surface area contributed by atoms with Crippen molar-refractivity contribution in [3.63, 3.8) is 0 Å². The number of hydrogen-bond acceptors (Lipinski definition) is 4. The predicted octanol–water partition coefficient (Wildman–Crippen LogP) is 12.2. The molecule has 0 fully saturated rings. The number of rotatable bonds is 12. The fourth-order valence-corrected chi connectivity index (χ4v) is 8.45. The normalized spacial score (nSPS) is 13.3. The molecule has 0 bridgehead atoms. The van der Waals surface area contributed by atoms with Crippen LogP contribution in [-0.4, -0.2) is 33.0 Å². The highest BCUT2D eigenvalue weighted by molar-refractivity contribution is 6.30. The molecule has 64 heavy (non-hydrogen) atoms. The van der Waals surface area contributed by atoms with Gasteiger partial charge in [0, 0.05) is 22.3 Å². The van der Waals surface area contributed by atoms with E-state index in [-0.39, 0.29) is 11.8 Å². The van der Waals surface area contributed by atoms with Gasteiger partial charge >= 0.3 is 0 Å². The van der Waals surface area contributed by atoms with Gasteiger partial charge < -0.3 is 9.80 Å². The first-order valence-corrected chi connectivity index (χ1v) is 21.4. The summed E-state index contributed by atoms with van der Waals surface area (Å²) in [5.74, 6) is -0.439. The molecule has 2 aliphatic heterocycles. The summed E-state index contributed by atoms with van der Waals surface area (Å²) in [6, 6.07) is 76.1. The Labute approximate surface area is 373 Å². The van der Waals surface area contributed by atoms with Crippen molar-refractivity contribution in [3.8, 4) is 0 Å². The summed E-state index contributed by atoms with van der Waals surface area (Å²) in [6.45, 7) is 0.589. The Kier molecular flexibility index (Phi) is 11.1. The van der Waals surface area contributed by atoms with Crippen molar-refractivity contribution in [2.75, 3.05) is 0 Å². The van der Waals surface area contributed by atoms with Gasteiger partial charge in [0.1, 0.15) is 0 Å². The number of amides is 2. The lowest BCUT2D eigenvalue weighted by Gasteiger charge is -2.25. The van der Waals surface area contributed by atoms with E-state index in [0.29, 0.717) is 35.6 Å². The summed E-state index contributed by atoms with van der Waals surface area (Å²) >= 11 is 0. The Morgan fingerprint density at radius 1 is 0.328 bits per heavy atom. The molecule has 6 heteroatoms. The van der Waals surface area contributed by atoms with Crippen molar-refractivity contribution >= 4 is 46.0 Å². The van der Waals surface area contributed by atoms with E-state index in [4.69, 9.17) is 9.98 Å². The molecule has 0 saturated carbocycles. The van der Waals surface area contributed by atoms with E-state index in [9.17, 15) is 0 Å². The SMILES string of the molecule is O=C1C2=C(c3ccc(N=C(c4ccccc4)c4ccccc4)cc3)N(Cc3ccccc3)C(=O)C2=C(c2ccc(N=C(c3ccccc3)c3ccccc3)cc2)N1Cc1ccccc1. The van der Waals surface area contributed by atoms with Crippen LogP contribution in [-0.2, 0) is 22.7 Å². The minimum atomic E-state index is -0.220. The first-order valence-electron chi connectivity index (χ1n) is 21.4. The van der Waals surface area contributed by atoms with Crippen LogP contribution in [0.25, 0.3) is 11.4 Å². The Morgan fingerprint density at radius 2 is 0.594 bits per heavy atom. The van der Waals surface area contributed by atoms with E-state index in [1.54, 1.807) is 9.80 Å². The monoisotopic (exact) mass is 826 g/mol. The molecule has 10 rings (SSSR count). The highest BCUT2D eigenvalue weighted by Gasteiger charge is 2.48. The van der Waals surface area contributed by atoms with E-state index in [1.807, 2.05) is 182 Å². The maximum absolute atomic E-state index is 15.2. The van der Waals surface area contributed by atoms with Crippen LogP contribution in [0.15, 0.2) is 252 Å². The summed E-state index contributed by atoms with van der Waals surface area (Å²) in [5, 5.41) is 0. The Bertz CT molecular complexity index is 2780. The van der Waals surface area contributed by atoms with Crippen molar-refractivity contribution in [3.05, 3.63) is 286 Å². The molecule has 306 valence electrons. The van der Waals surface area contributed by atoms with Crippen LogP contribution in [0.4, 0.5) is 11.4 Å². The Balaban J connectivity index is 1.10. The molecule has 0 aromatic heterocycles. The third kappa shape index (κ3) is 8.04. The average Bonchev–Trinajstić information content (AvgIpc) is 3.80. The summed E-state index contributed by atoms with van der Waals surface area (Å²) in [5.41, 5.74) is 12.6. The summed E-state index contributed by atoms with van der Waals surface area (Å²) in [7, 11) is 0. The Hall–Kier alpha value is -8.48. The third-order valence-electron chi connectivity index (χ3n) is 11.5. The topological polar surface area (TPSA) is 65.3 Å². The zero-order chi connectivity index (χ0) is 43.2. The first kappa shape index (κ1) is 39.6. The number of carbonyl (C=O) groups is 2. The van der Waals surface area contributed by atoms with Gasteiger partial charge in [-0.1, -0.05) is 206 Å². The van der Waals surface area contributed by atoms with Gasteiger partial charge in [-0.05, 0) is 46.5 Å². The molecular weight excluding hydrogens is 785 g/mol. The number of benzene rings is 8. The van der Waals surface area contributed by atoms with Gasteiger partial charge in [0.05, 0.1) is 58.4 Å². The van der Waals surface area contributed by atoms with Crippen molar-refractivity contribution in [2.24, 2.45) is 9.98 Å². The average molecular weight is 827 g/mol. The van der Waals surface area contributed by atoms with Gasteiger partial charge in [0.25, 0.3) is 11.8 Å². The van der Waals surface area contributed by atoms with E-state index in [2.05, 4.69) is 48.5 Å². The van der Waals surface area contributed by atoms with Crippen molar-refractivity contribution in [1.29, 1.82) is 0 Å². The smallest absolute Gasteiger partial charge is 0.261 e. The van der Waals surface area contributed by atoms with E-state index in [0.717, 1.165) is 67.3 Å². The maximum Gasteiger partial charge on any atom is 0.261 e. The quantitative estimate of drug-likeness (QED) is 0.115. The van der Waals surface area contributed by atoms with Crippen LogP contribution in [0.3, 0.4) is 0 Å². The molecule has 2 aliphatic rings. The molecule has 0 spiro atoms. The van der Waals surface area contributed by atoms with Crippen LogP contribution >= 0.6 is 0 Å². The molecule has 8 aromatic rings. The largest absolute Gasteiger partial charge is 0.302 e. The molecule has 8 aromatic carbocycles. The van der Waals surface area contributed by atoms with Gasteiger partial charge in [0.2, 0.25) is 0 Å². The van der Waals surface area contributed by atoms with E-state index in [1.165, 1.54) is 0 Å². The van der Waals surface area contributed by atoms with Crippen LogP contribution in [0.1, 0.15) is 44.5 Å². The highest BCUT2D eigenvalue weighted by atomic mass is 16.2. The lowest BCUT2D eigenvalue weighted by molar-refractivity contribution is -0.124. The van der Waals surface area contributed by atoms with Crippen molar-refractivity contribution < 1.29 is 9.59 Å². The molecule has 0 radical (unpaired) electrons. The second kappa shape index (κ2) is 17.9. The summed E-state index contributed by atoms with van der Waals surface area (Å²) < 4.78 is 0. The molecular formula is C58H42N4O2.